The van der Waals surface area contributed by atoms with E-state index in [9.17, 15) is 9.59 Å². The van der Waals surface area contributed by atoms with Crippen LogP contribution in [0.3, 0.4) is 0 Å². The summed E-state index contributed by atoms with van der Waals surface area (Å²) >= 11 is 0. The van der Waals surface area contributed by atoms with Gasteiger partial charge in [-0.05, 0) is 13.3 Å². The number of hydrogen-bond donors (Lipinski definition) is 2. The molecule has 152 valence electrons. The number of nitrogens with zero attached hydrogens (tertiary/aromatic N) is 6. The number of hydrogen-bond acceptors (Lipinski definition) is 5. The van der Waals surface area contributed by atoms with Gasteiger partial charge in [0.2, 0.25) is 11.8 Å². The molecule has 10 nitrogen and oxygen atoms in total. The van der Waals surface area contributed by atoms with E-state index in [2.05, 4.69) is 25.7 Å². The van der Waals surface area contributed by atoms with Crippen molar-refractivity contribution in [2.45, 2.75) is 32.4 Å². The summed E-state index contributed by atoms with van der Waals surface area (Å²) in [5.74, 6) is 2.01. The van der Waals surface area contributed by atoms with Crippen LogP contribution in [0.2, 0.25) is 0 Å². The molecule has 1 aliphatic rings. The first-order chi connectivity index (χ1) is 12.3. The molecule has 0 bridgehead atoms. The molecule has 0 saturated heterocycles. The number of guanidine groups is 1. The Morgan fingerprint density at radius 3 is 2.52 bits per heavy atom. The Labute approximate surface area is 176 Å². The van der Waals surface area contributed by atoms with Crippen molar-refractivity contribution in [3.05, 3.63) is 11.6 Å². The van der Waals surface area contributed by atoms with Crippen LogP contribution in [0, 0.1) is 6.92 Å². The first kappa shape index (κ1) is 23.1. The average molecular weight is 492 g/mol. The van der Waals surface area contributed by atoms with Gasteiger partial charge in [0.05, 0.1) is 13.1 Å². The molecule has 0 radical (unpaired) electrons. The molecule has 0 spiro atoms. The number of likely N-dealkylation sites (N-methyl/N-ethyl adjacent to an activating group) is 2. The fourth-order valence-corrected chi connectivity index (χ4v) is 2.50. The number of aromatic nitrogens is 3. The molecule has 27 heavy (non-hydrogen) atoms. The van der Waals surface area contributed by atoms with Gasteiger partial charge in [-0.2, -0.15) is 5.10 Å². The highest BCUT2D eigenvalue weighted by Crippen LogP contribution is 2.12. The summed E-state index contributed by atoms with van der Waals surface area (Å²) in [6.45, 7) is 2.66. The monoisotopic (exact) mass is 492 g/mol. The molecule has 1 aliphatic heterocycles. The minimum atomic E-state index is -0.108. The van der Waals surface area contributed by atoms with E-state index in [1.807, 2.05) is 11.6 Å². The SMILES string of the molecule is Cc1nc2n(n1)CC(NC(=NCC(=O)N(C)C)NCC(=O)N(C)C)CC2.I. The van der Waals surface area contributed by atoms with Crippen molar-refractivity contribution in [2.24, 2.45) is 4.99 Å². The van der Waals surface area contributed by atoms with E-state index < -0.39 is 0 Å². The van der Waals surface area contributed by atoms with Crippen molar-refractivity contribution >= 4 is 41.8 Å². The maximum absolute atomic E-state index is 11.8. The molecule has 1 aromatic rings. The zero-order valence-corrected chi connectivity index (χ0v) is 18.9. The van der Waals surface area contributed by atoms with Crippen molar-refractivity contribution < 1.29 is 9.59 Å². The number of halogens is 1. The quantitative estimate of drug-likeness (QED) is 0.318. The minimum Gasteiger partial charge on any atom is -0.352 e. The first-order valence-electron chi connectivity index (χ1n) is 8.61. The molecule has 1 aromatic heterocycles. The summed E-state index contributed by atoms with van der Waals surface area (Å²) in [5, 5.41) is 10.7. The van der Waals surface area contributed by atoms with Gasteiger partial charge in [0.15, 0.2) is 5.96 Å². The van der Waals surface area contributed by atoms with Gasteiger partial charge in [-0.25, -0.2) is 14.7 Å². The highest BCUT2D eigenvalue weighted by Gasteiger charge is 2.22. The van der Waals surface area contributed by atoms with Gasteiger partial charge in [0.1, 0.15) is 18.2 Å². The van der Waals surface area contributed by atoms with E-state index in [-0.39, 0.29) is 54.9 Å². The van der Waals surface area contributed by atoms with E-state index in [0.29, 0.717) is 12.5 Å². The van der Waals surface area contributed by atoms with Crippen LogP contribution < -0.4 is 10.6 Å². The van der Waals surface area contributed by atoms with Crippen molar-refractivity contribution in [1.82, 2.24) is 35.2 Å². The van der Waals surface area contributed by atoms with Gasteiger partial charge in [-0.15, -0.1) is 24.0 Å². The lowest BCUT2D eigenvalue weighted by Crippen LogP contribution is -2.49. The van der Waals surface area contributed by atoms with Crippen molar-refractivity contribution in [3.63, 3.8) is 0 Å². The Morgan fingerprint density at radius 1 is 1.22 bits per heavy atom. The smallest absolute Gasteiger partial charge is 0.243 e. The molecular weight excluding hydrogens is 463 g/mol. The van der Waals surface area contributed by atoms with Crippen LogP contribution in [0.15, 0.2) is 4.99 Å². The molecule has 0 aliphatic carbocycles. The summed E-state index contributed by atoms with van der Waals surface area (Å²) < 4.78 is 1.89. The molecule has 0 fully saturated rings. The molecule has 1 atom stereocenters. The Morgan fingerprint density at radius 2 is 1.89 bits per heavy atom. The Kier molecular flexibility index (Phi) is 8.93. The molecule has 2 rings (SSSR count). The summed E-state index contributed by atoms with van der Waals surface area (Å²) in [6, 6.07) is 0.0961. The van der Waals surface area contributed by atoms with Crippen LogP contribution in [0.25, 0.3) is 0 Å². The Hall–Kier alpha value is -1.92. The number of carbonyl (C=O) groups is 2. The van der Waals surface area contributed by atoms with Crippen LogP contribution in [0.4, 0.5) is 0 Å². The maximum atomic E-state index is 11.8. The number of aryl methyl sites for hydroxylation is 2. The fraction of sp³-hybridized carbons (Fsp3) is 0.688. The van der Waals surface area contributed by atoms with E-state index in [1.165, 1.54) is 9.80 Å². The molecule has 0 aromatic carbocycles. The Bertz CT molecular complexity index is 686. The molecule has 2 heterocycles. The predicted molar refractivity (Wildman–Crippen MR) is 113 cm³/mol. The third kappa shape index (κ3) is 6.96. The maximum Gasteiger partial charge on any atom is 0.243 e. The van der Waals surface area contributed by atoms with Gasteiger partial charge >= 0.3 is 0 Å². The summed E-state index contributed by atoms with van der Waals surface area (Å²) in [5.41, 5.74) is 0. The molecule has 1 unspecified atom stereocenters. The topological polar surface area (TPSA) is 108 Å². The molecule has 2 amide bonds. The lowest BCUT2D eigenvalue weighted by atomic mass is 10.1. The molecule has 0 saturated carbocycles. The summed E-state index contributed by atoms with van der Waals surface area (Å²) in [7, 11) is 6.76. The second-order valence-corrected chi connectivity index (χ2v) is 6.73. The third-order valence-corrected chi connectivity index (χ3v) is 4.08. The van der Waals surface area contributed by atoms with Gasteiger partial charge in [0.25, 0.3) is 0 Å². The second kappa shape index (κ2) is 10.4. The number of fused-ring (bicyclic) bond motifs is 1. The van der Waals surface area contributed by atoms with Crippen LogP contribution in [0.1, 0.15) is 18.1 Å². The van der Waals surface area contributed by atoms with Crippen LogP contribution in [-0.4, -0.2) is 89.7 Å². The van der Waals surface area contributed by atoms with Crippen LogP contribution >= 0.6 is 24.0 Å². The van der Waals surface area contributed by atoms with Crippen molar-refractivity contribution in [1.29, 1.82) is 0 Å². The number of amides is 2. The van der Waals surface area contributed by atoms with E-state index >= 15 is 0 Å². The first-order valence-corrected chi connectivity index (χ1v) is 8.61. The van der Waals surface area contributed by atoms with Crippen LogP contribution in [0.5, 0.6) is 0 Å². The number of carbonyl (C=O) groups excluding carboxylic acids is 2. The minimum absolute atomic E-state index is 0. The predicted octanol–water partition coefficient (Wildman–Crippen LogP) is -0.769. The largest absolute Gasteiger partial charge is 0.352 e. The standard InChI is InChI=1S/C16H28N8O2.HI/c1-11-19-13-7-6-12(10-24(13)21-11)20-16(17-8-14(25)22(2)3)18-9-15(26)23(4)5;/h12H,6-10H2,1-5H3,(H2,17,18,20);1H. The second-order valence-electron chi connectivity index (χ2n) is 6.73. The summed E-state index contributed by atoms with van der Waals surface area (Å²) in [6.07, 6.45) is 1.70. The van der Waals surface area contributed by atoms with E-state index in [1.54, 1.807) is 28.2 Å². The fourth-order valence-electron chi connectivity index (χ4n) is 2.50. The molecule has 2 N–H and O–H groups in total. The molecule has 11 heteroatoms. The number of rotatable bonds is 5. The average Bonchev–Trinajstić information content (AvgIpc) is 2.95. The van der Waals surface area contributed by atoms with Gasteiger partial charge in [-0.3, -0.25) is 9.59 Å². The van der Waals surface area contributed by atoms with Crippen LogP contribution in [-0.2, 0) is 22.6 Å². The van der Waals surface area contributed by atoms with Crippen molar-refractivity contribution in [3.8, 4) is 0 Å². The van der Waals surface area contributed by atoms with E-state index in [4.69, 9.17) is 0 Å². The van der Waals surface area contributed by atoms with Gasteiger partial charge < -0.3 is 20.4 Å². The number of nitrogens with one attached hydrogen (secondary N) is 2. The molecular formula is C16H29IN8O2. The Balaban J connectivity index is 0.00000364. The van der Waals surface area contributed by atoms with Gasteiger partial charge in [-0.1, -0.05) is 0 Å². The normalized spacial score (nSPS) is 16.0. The lowest BCUT2D eigenvalue weighted by molar-refractivity contribution is -0.127. The highest BCUT2D eigenvalue weighted by atomic mass is 127. The number of aliphatic imine (C=N–C) groups is 1. The zero-order chi connectivity index (χ0) is 19.3. The van der Waals surface area contributed by atoms with Crippen molar-refractivity contribution in [2.75, 3.05) is 41.3 Å². The third-order valence-electron chi connectivity index (χ3n) is 4.08. The highest BCUT2D eigenvalue weighted by molar-refractivity contribution is 14.0. The lowest BCUT2D eigenvalue weighted by Gasteiger charge is -2.25. The van der Waals surface area contributed by atoms with Gasteiger partial charge in [0, 0.05) is 40.7 Å². The zero-order valence-electron chi connectivity index (χ0n) is 16.5. The van der Waals surface area contributed by atoms with E-state index in [0.717, 1.165) is 24.5 Å². The summed E-state index contributed by atoms with van der Waals surface area (Å²) in [4.78, 5) is 35.4.